The zero-order chi connectivity index (χ0) is 11.6. The molecule has 0 spiro atoms. The van der Waals surface area contributed by atoms with Crippen LogP contribution in [0.3, 0.4) is 0 Å². The molecule has 84 valence electrons. The number of ether oxygens (including phenoxy) is 1. The summed E-state index contributed by atoms with van der Waals surface area (Å²) in [7, 11) is 1.70. The summed E-state index contributed by atoms with van der Waals surface area (Å²) in [5, 5.41) is 0. The Hall–Kier alpha value is -0.540. The Bertz CT molecular complexity index is 433. The SMILES string of the molecule is COC1=CC=C(c2ccccc2)C(Br)(Br)C1. The van der Waals surface area contributed by atoms with Crippen LogP contribution in [0.15, 0.2) is 48.2 Å². The van der Waals surface area contributed by atoms with Crippen LogP contribution in [0.4, 0.5) is 0 Å². The fourth-order valence-electron chi connectivity index (χ4n) is 1.74. The van der Waals surface area contributed by atoms with Gasteiger partial charge in [0.25, 0.3) is 0 Å². The van der Waals surface area contributed by atoms with Crippen LogP contribution in [0.1, 0.15) is 12.0 Å². The fraction of sp³-hybridized carbons (Fsp3) is 0.231. The molecular weight excluding hydrogens is 332 g/mol. The van der Waals surface area contributed by atoms with Gasteiger partial charge in [-0.05, 0) is 17.2 Å². The summed E-state index contributed by atoms with van der Waals surface area (Å²) in [6, 6.07) is 10.3. The minimum atomic E-state index is -0.235. The molecule has 16 heavy (non-hydrogen) atoms. The van der Waals surface area contributed by atoms with Crippen molar-refractivity contribution >= 4 is 37.4 Å². The van der Waals surface area contributed by atoms with Gasteiger partial charge in [-0.25, -0.2) is 0 Å². The monoisotopic (exact) mass is 342 g/mol. The molecule has 0 heterocycles. The smallest absolute Gasteiger partial charge is 0.113 e. The van der Waals surface area contributed by atoms with Crippen molar-refractivity contribution < 1.29 is 4.74 Å². The predicted octanol–water partition coefficient (Wildman–Crippen LogP) is 4.49. The standard InChI is InChI=1S/C13H12Br2O/c1-16-11-7-8-12(13(14,15)9-11)10-5-3-2-4-6-10/h2-8H,9H2,1H3. The molecule has 0 amide bonds. The van der Waals surface area contributed by atoms with E-state index < -0.39 is 0 Å². The number of hydrogen-bond acceptors (Lipinski definition) is 1. The van der Waals surface area contributed by atoms with Gasteiger partial charge in [-0.15, -0.1) is 0 Å². The Morgan fingerprint density at radius 2 is 1.81 bits per heavy atom. The number of alkyl halides is 2. The van der Waals surface area contributed by atoms with Crippen LogP contribution in [0.2, 0.25) is 0 Å². The third-order valence-corrected chi connectivity index (χ3v) is 3.99. The van der Waals surface area contributed by atoms with Crippen molar-refractivity contribution in [2.45, 2.75) is 9.65 Å². The lowest BCUT2D eigenvalue weighted by molar-refractivity contribution is 0.277. The normalized spacial score (nSPS) is 18.7. The van der Waals surface area contributed by atoms with Crippen molar-refractivity contribution in [2.24, 2.45) is 0 Å². The van der Waals surface area contributed by atoms with Crippen molar-refractivity contribution in [3.8, 4) is 0 Å². The molecule has 0 saturated carbocycles. The highest BCUT2D eigenvalue weighted by Gasteiger charge is 2.32. The molecule has 0 unspecified atom stereocenters. The first kappa shape index (κ1) is 11.9. The van der Waals surface area contributed by atoms with Crippen LogP contribution in [-0.2, 0) is 4.74 Å². The molecule has 3 heteroatoms. The average molecular weight is 344 g/mol. The first-order valence-electron chi connectivity index (χ1n) is 5.02. The van der Waals surface area contributed by atoms with Crippen molar-refractivity contribution in [3.05, 3.63) is 53.8 Å². The van der Waals surface area contributed by atoms with Crippen molar-refractivity contribution in [1.29, 1.82) is 0 Å². The fourth-order valence-corrected chi connectivity index (χ4v) is 3.01. The van der Waals surface area contributed by atoms with E-state index in [4.69, 9.17) is 4.74 Å². The zero-order valence-corrected chi connectivity index (χ0v) is 12.1. The summed E-state index contributed by atoms with van der Waals surface area (Å²) < 4.78 is 5.03. The highest BCUT2D eigenvalue weighted by atomic mass is 79.9. The molecular formula is C13H12Br2O. The third-order valence-electron chi connectivity index (χ3n) is 2.57. The molecule has 1 aliphatic carbocycles. The van der Waals surface area contributed by atoms with E-state index in [2.05, 4.69) is 50.1 Å². The summed E-state index contributed by atoms with van der Waals surface area (Å²) in [6.07, 6.45) is 4.90. The number of hydrogen-bond donors (Lipinski definition) is 0. The van der Waals surface area contributed by atoms with Gasteiger partial charge in [0.05, 0.1) is 12.9 Å². The van der Waals surface area contributed by atoms with Crippen molar-refractivity contribution in [1.82, 2.24) is 0 Å². The van der Waals surface area contributed by atoms with Gasteiger partial charge in [0.2, 0.25) is 0 Å². The number of rotatable bonds is 2. The van der Waals surface area contributed by atoms with Crippen molar-refractivity contribution in [2.75, 3.05) is 7.11 Å². The summed E-state index contributed by atoms with van der Waals surface area (Å²) in [4.78, 5) is 0. The van der Waals surface area contributed by atoms with E-state index in [1.54, 1.807) is 7.11 Å². The second-order valence-electron chi connectivity index (χ2n) is 3.66. The quantitative estimate of drug-likeness (QED) is 0.719. The van der Waals surface area contributed by atoms with Crippen LogP contribution in [0.5, 0.6) is 0 Å². The van der Waals surface area contributed by atoms with Gasteiger partial charge < -0.3 is 4.74 Å². The van der Waals surface area contributed by atoms with E-state index in [1.165, 1.54) is 11.1 Å². The second kappa shape index (κ2) is 4.76. The van der Waals surface area contributed by atoms with Crippen LogP contribution < -0.4 is 0 Å². The lowest BCUT2D eigenvalue weighted by Gasteiger charge is -2.28. The molecule has 1 aliphatic rings. The molecule has 0 bridgehead atoms. The second-order valence-corrected chi connectivity index (χ2v) is 7.44. The first-order valence-corrected chi connectivity index (χ1v) is 6.60. The maximum atomic E-state index is 5.27. The number of benzene rings is 1. The maximum Gasteiger partial charge on any atom is 0.113 e. The van der Waals surface area contributed by atoms with Crippen LogP contribution in [0.25, 0.3) is 5.57 Å². The lowest BCUT2D eigenvalue weighted by atomic mass is 9.96. The molecule has 0 saturated heterocycles. The van der Waals surface area contributed by atoms with Gasteiger partial charge in [-0.2, -0.15) is 0 Å². The number of halogens is 2. The van der Waals surface area contributed by atoms with E-state index >= 15 is 0 Å². The lowest BCUT2D eigenvalue weighted by Crippen LogP contribution is -2.18. The molecule has 1 nitrogen and oxygen atoms in total. The highest BCUT2D eigenvalue weighted by Crippen LogP contribution is 2.47. The number of methoxy groups -OCH3 is 1. The predicted molar refractivity (Wildman–Crippen MR) is 74.7 cm³/mol. The Labute approximate surface area is 112 Å². The Morgan fingerprint density at radius 1 is 1.12 bits per heavy atom. The third kappa shape index (κ3) is 2.41. The van der Waals surface area contributed by atoms with Gasteiger partial charge in [-0.3, -0.25) is 0 Å². The molecule has 0 fully saturated rings. The van der Waals surface area contributed by atoms with Gasteiger partial charge >= 0.3 is 0 Å². The maximum absolute atomic E-state index is 5.27. The molecule has 1 aromatic carbocycles. The summed E-state index contributed by atoms with van der Waals surface area (Å²) in [5.74, 6) is 0.966. The Kier molecular flexibility index (Phi) is 3.55. The Balaban J connectivity index is 2.41. The Morgan fingerprint density at radius 3 is 2.38 bits per heavy atom. The van der Waals surface area contributed by atoms with Gasteiger partial charge in [0.1, 0.15) is 3.23 Å². The van der Waals surface area contributed by atoms with E-state index in [9.17, 15) is 0 Å². The average Bonchev–Trinajstić information content (AvgIpc) is 2.28. The van der Waals surface area contributed by atoms with E-state index in [0.29, 0.717) is 0 Å². The molecule has 0 aromatic heterocycles. The van der Waals surface area contributed by atoms with Crippen LogP contribution in [-0.4, -0.2) is 10.3 Å². The van der Waals surface area contributed by atoms with E-state index in [1.807, 2.05) is 24.3 Å². The van der Waals surface area contributed by atoms with E-state index in [-0.39, 0.29) is 3.23 Å². The zero-order valence-electron chi connectivity index (χ0n) is 8.91. The summed E-state index contributed by atoms with van der Waals surface area (Å²) in [6.45, 7) is 0. The van der Waals surface area contributed by atoms with E-state index in [0.717, 1.165) is 12.2 Å². The molecule has 0 radical (unpaired) electrons. The highest BCUT2D eigenvalue weighted by molar-refractivity contribution is 9.25. The largest absolute Gasteiger partial charge is 0.501 e. The first-order chi connectivity index (χ1) is 7.63. The summed E-state index contributed by atoms with van der Waals surface area (Å²) >= 11 is 7.41. The minimum Gasteiger partial charge on any atom is -0.501 e. The summed E-state index contributed by atoms with van der Waals surface area (Å²) in [5.41, 5.74) is 2.43. The van der Waals surface area contributed by atoms with Gasteiger partial charge in [-0.1, -0.05) is 68.3 Å². The molecule has 0 atom stereocenters. The van der Waals surface area contributed by atoms with Gasteiger partial charge in [0, 0.05) is 6.42 Å². The van der Waals surface area contributed by atoms with Crippen molar-refractivity contribution in [3.63, 3.8) is 0 Å². The molecule has 0 N–H and O–H groups in total. The number of allylic oxidation sites excluding steroid dienone is 4. The molecule has 2 rings (SSSR count). The molecule has 1 aromatic rings. The topological polar surface area (TPSA) is 9.23 Å². The van der Waals surface area contributed by atoms with Crippen LogP contribution in [0, 0.1) is 0 Å². The minimum absolute atomic E-state index is 0.235. The van der Waals surface area contributed by atoms with Gasteiger partial charge in [0.15, 0.2) is 0 Å². The molecule has 0 aliphatic heterocycles. The van der Waals surface area contributed by atoms with Crippen LogP contribution >= 0.6 is 31.9 Å².